The van der Waals surface area contributed by atoms with E-state index in [-0.39, 0.29) is 12.2 Å². The van der Waals surface area contributed by atoms with Gasteiger partial charge in [-0.25, -0.2) is 13.8 Å². The maximum absolute atomic E-state index is 13.7. The lowest BCUT2D eigenvalue weighted by atomic mass is 10.2. The first-order chi connectivity index (χ1) is 14.3. The van der Waals surface area contributed by atoms with Gasteiger partial charge in [0.05, 0.1) is 11.2 Å². The van der Waals surface area contributed by atoms with Crippen LogP contribution in [0.2, 0.25) is 0 Å². The highest BCUT2D eigenvalue weighted by molar-refractivity contribution is 9.10. The van der Waals surface area contributed by atoms with E-state index in [0.717, 1.165) is 9.04 Å². The number of aryl methyl sites for hydroxylation is 1. The number of carbonyl (C=O) groups excluding carboxylic acids is 1. The summed E-state index contributed by atoms with van der Waals surface area (Å²) >= 11 is 4.51. The SMILES string of the molecule is Cc1cc(-n2c(=O)c3sccc3n(CC(=O)Nc3ccc(Br)cc3)c2=O)ccc1F. The molecular weight excluding hydrogens is 473 g/mol. The van der Waals surface area contributed by atoms with Gasteiger partial charge >= 0.3 is 5.69 Å². The second-order valence-corrected chi connectivity index (χ2v) is 8.46. The average molecular weight is 488 g/mol. The molecule has 30 heavy (non-hydrogen) atoms. The number of rotatable bonds is 4. The molecule has 0 atom stereocenters. The lowest BCUT2D eigenvalue weighted by molar-refractivity contribution is -0.116. The number of hydrogen-bond donors (Lipinski definition) is 1. The molecule has 2 heterocycles. The average Bonchev–Trinajstić information content (AvgIpc) is 3.20. The van der Waals surface area contributed by atoms with Crippen LogP contribution in [0.15, 0.2) is 68.0 Å². The first-order valence-corrected chi connectivity index (χ1v) is 10.6. The van der Waals surface area contributed by atoms with Crippen LogP contribution in [-0.4, -0.2) is 15.0 Å². The van der Waals surface area contributed by atoms with E-state index in [0.29, 0.717) is 21.5 Å². The van der Waals surface area contributed by atoms with Gasteiger partial charge in [-0.15, -0.1) is 11.3 Å². The van der Waals surface area contributed by atoms with E-state index in [9.17, 15) is 18.8 Å². The van der Waals surface area contributed by atoms with Crippen LogP contribution in [0.4, 0.5) is 10.1 Å². The number of benzene rings is 2. The van der Waals surface area contributed by atoms with Crippen LogP contribution in [0.3, 0.4) is 0 Å². The highest BCUT2D eigenvalue weighted by Gasteiger charge is 2.18. The summed E-state index contributed by atoms with van der Waals surface area (Å²) < 4.78 is 17.1. The van der Waals surface area contributed by atoms with Gasteiger partial charge in [0.15, 0.2) is 0 Å². The molecule has 0 radical (unpaired) electrons. The predicted molar refractivity (Wildman–Crippen MR) is 119 cm³/mol. The van der Waals surface area contributed by atoms with Crippen molar-refractivity contribution < 1.29 is 9.18 Å². The summed E-state index contributed by atoms with van der Waals surface area (Å²) in [5.41, 5.74) is 0.366. The molecule has 9 heteroatoms. The molecule has 0 unspecified atom stereocenters. The third-order valence-corrected chi connectivity index (χ3v) is 6.00. The molecule has 6 nitrogen and oxygen atoms in total. The smallest absolute Gasteiger partial charge is 0.325 e. The first-order valence-electron chi connectivity index (χ1n) is 8.90. The summed E-state index contributed by atoms with van der Waals surface area (Å²) in [5.74, 6) is -0.842. The second kappa shape index (κ2) is 8.00. The Morgan fingerprint density at radius 3 is 2.57 bits per heavy atom. The lowest BCUT2D eigenvalue weighted by Gasteiger charge is -2.13. The normalized spacial score (nSPS) is 11.0. The van der Waals surface area contributed by atoms with Gasteiger partial charge in [0.2, 0.25) is 5.91 Å². The highest BCUT2D eigenvalue weighted by Crippen LogP contribution is 2.18. The number of nitrogens with one attached hydrogen (secondary N) is 1. The van der Waals surface area contributed by atoms with Crippen LogP contribution < -0.4 is 16.6 Å². The molecule has 1 amide bonds. The van der Waals surface area contributed by atoms with Crippen LogP contribution >= 0.6 is 27.3 Å². The van der Waals surface area contributed by atoms with Crippen molar-refractivity contribution in [3.63, 3.8) is 0 Å². The Labute approximate surface area is 182 Å². The molecule has 0 aliphatic rings. The minimum absolute atomic E-state index is 0.251. The molecule has 4 rings (SSSR count). The van der Waals surface area contributed by atoms with Gasteiger partial charge in [-0.1, -0.05) is 15.9 Å². The zero-order chi connectivity index (χ0) is 21.4. The van der Waals surface area contributed by atoms with Crippen molar-refractivity contribution in [2.24, 2.45) is 0 Å². The van der Waals surface area contributed by atoms with E-state index in [4.69, 9.17) is 0 Å². The van der Waals surface area contributed by atoms with E-state index in [1.165, 1.54) is 34.1 Å². The number of fused-ring (bicyclic) bond motifs is 1. The number of nitrogens with zero attached hydrogens (tertiary/aromatic N) is 2. The van der Waals surface area contributed by atoms with E-state index < -0.39 is 23.0 Å². The second-order valence-electron chi connectivity index (χ2n) is 6.63. The number of thiophene rings is 1. The highest BCUT2D eigenvalue weighted by atomic mass is 79.9. The Morgan fingerprint density at radius 2 is 1.87 bits per heavy atom. The molecule has 0 aliphatic heterocycles. The Hall–Kier alpha value is -3.04. The van der Waals surface area contributed by atoms with Gasteiger partial charge in [0.25, 0.3) is 5.56 Å². The summed E-state index contributed by atoms with van der Waals surface area (Å²) in [5, 5.41) is 4.43. The summed E-state index contributed by atoms with van der Waals surface area (Å²) in [6.07, 6.45) is 0. The number of carbonyl (C=O) groups is 1. The first kappa shape index (κ1) is 20.2. The molecule has 0 fully saturated rings. The maximum Gasteiger partial charge on any atom is 0.336 e. The molecule has 2 aromatic carbocycles. The van der Waals surface area contributed by atoms with Gasteiger partial charge in [-0.05, 0) is 66.4 Å². The van der Waals surface area contributed by atoms with E-state index >= 15 is 0 Å². The predicted octanol–water partition coefficient (Wildman–Crippen LogP) is 4.06. The van der Waals surface area contributed by atoms with Gasteiger partial charge in [-0.3, -0.25) is 14.2 Å². The molecule has 0 saturated carbocycles. The Kier molecular flexibility index (Phi) is 5.40. The number of hydrogen-bond acceptors (Lipinski definition) is 4. The van der Waals surface area contributed by atoms with Crippen LogP contribution in [0, 0.1) is 12.7 Å². The zero-order valence-electron chi connectivity index (χ0n) is 15.7. The van der Waals surface area contributed by atoms with Crippen LogP contribution in [0.25, 0.3) is 15.9 Å². The van der Waals surface area contributed by atoms with Crippen molar-refractivity contribution in [2.45, 2.75) is 13.5 Å². The van der Waals surface area contributed by atoms with E-state index in [1.807, 2.05) is 0 Å². The Morgan fingerprint density at radius 1 is 1.13 bits per heavy atom. The van der Waals surface area contributed by atoms with Crippen molar-refractivity contribution in [1.29, 1.82) is 0 Å². The lowest BCUT2D eigenvalue weighted by Crippen LogP contribution is -2.40. The number of anilines is 1. The topological polar surface area (TPSA) is 73.1 Å². The van der Waals surface area contributed by atoms with Gasteiger partial charge in [-0.2, -0.15) is 0 Å². The molecule has 2 aromatic heterocycles. The summed E-state index contributed by atoms with van der Waals surface area (Å²) in [4.78, 5) is 38.7. The van der Waals surface area contributed by atoms with Gasteiger partial charge < -0.3 is 5.32 Å². The fourth-order valence-electron chi connectivity index (χ4n) is 3.11. The van der Waals surface area contributed by atoms with Gasteiger partial charge in [0, 0.05) is 10.2 Å². The number of amides is 1. The fraction of sp³-hybridized carbons (Fsp3) is 0.0952. The number of aromatic nitrogens is 2. The van der Waals surface area contributed by atoms with Crippen LogP contribution in [-0.2, 0) is 11.3 Å². The molecule has 0 saturated heterocycles. The monoisotopic (exact) mass is 487 g/mol. The largest absolute Gasteiger partial charge is 0.336 e. The fourth-order valence-corrected chi connectivity index (χ4v) is 4.20. The van der Waals surface area contributed by atoms with Crippen molar-refractivity contribution >= 4 is 49.1 Å². The van der Waals surface area contributed by atoms with Crippen molar-refractivity contribution in [1.82, 2.24) is 9.13 Å². The standard InChI is InChI=1S/C21H15BrFN3O3S/c1-12-10-15(6-7-16(12)23)26-20(28)19-17(8-9-30-19)25(21(26)29)11-18(27)24-14-4-2-13(22)3-5-14/h2-10H,11H2,1H3,(H,24,27). The number of halogens is 2. The quantitative estimate of drug-likeness (QED) is 0.471. The molecule has 4 aromatic rings. The molecule has 0 spiro atoms. The third kappa shape index (κ3) is 3.73. The van der Waals surface area contributed by atoms with Crippen LogP contribution in [0.1, 0.15) is 5.56 Å². The molecule has 0 aliphatic carbocycles. The molecule has 1 N–H and O–H groups in total. The minimum atomic E-state index is -0.664. The maximum atomic E-state index is 13.7. The Balaban J connectivity index is 1.79. The Bertz CT molecular complexity index is 1390. The van der Waals surface area contributed by atoms with E-state index in [1.54, 1.807) is 42.6 Å². The van der Waals surface area contributed by atoms with Crippen molar-refractivity contribution in [3.05, 3.63) is 90.6 Å². The molecule has 152 valence electrons. The van der Waals surface area contributed by atoms with Crippen molar-refractivity contribution in [2.75, 3.05) is 5.32 Å². The molecule has 0 bridgehead atoms. The molecular formula is C21H15BrFN3O3S. The summed E-state index contributed by atoms with van der Waals surface area (Å²) in [6, 6.07) is 12.7. The third-order valence-electron chi connectivity index (χ3n) is 4.58. The van der Waals surface area contributed by atoms with E-state index in [2.05, 4.69) is 21.2 Å². The van der Waals surface area contributed by atoms with Crippen LogP contribution in [0.5, 0.6) is 0 Å². The van der Waals surface area contributed by atoms with Crippen molar-refractivity contribution in [3.8, 4) is 5.69 Å². The summed E-state index contributed by atoms with van der Waals surface area (Å²) in [6.45, 7) is 1.28. The van der Waals surface area contributed by atoms with Gasteiger partial charge in [0.1, 0.15) is 17.1 Å². The zero-order valence-corrected chi connectivity index (χ0v) is 18.1. The summed E-state index contributed by atoms with van der Waals surface area (Å²) in [7, 11) is 0. The minimum Gasteiger partial charge on any atom is -0.325 e.